The maximum Gasteiger partial charge on any atom is 0.00128 e. The third-order valence-corrected chi connectivity index (χ3v) is 1.34. The normalized spacial score (nSPS) is 9.00. The van der Waals surface area contributed by atoms with Crippen molar-refractivity contribution < 1.29 is 19.5 Å². The molecule has 0 spiro atoms. The van der Waals surface area contributed by atoms with E-state index in [-0.39, 0.29) is 19.5 Å². The summed E-state index contributed by atoms with van der Waals surface area (Å²) < 4.78 is 0. The van der Waals surface area contributed by atoms with Crippen molar-refractivity contribution in [2.45, 2.75) is 0 Å². The second-order valence-electron chi connectivity index (χ2n) is 3.35. The van der Waals surface area contributed by atoms with Gasteiger partial charge >= 0.3 is 0 Å². The van der Waals surface area contributed by atoms with Gasteiger partial charge in [-0.1, -0.05) is 0 Å². The molecule has 0 unspecified atom stereocenters. The van der Waals surface area contributed by atoms with E-state index in [1.165, 1.54) is 0 Å². The summed E-state index contributed by atoms with van der Waals surface area (Å²) in [7, 11) is 17.3. The zero-order chi connectivity index (χ0) is 12.9. The largest absolute Gasteiger partial charge is 0.259 e. The fourth-order valence-corrected chi connectivity index (χ4v) is 0. The minimum absolute atomic E-state index is 0. The topological polar surface area (TPSA) is 45.8 Å². The predicted molar refractivity (Wildman–Crippen MR) is 68.2 cm³/mol. The summed E-state index contributed by atoms with van der Waals surface area (Å²) in [5, 5.41) is 5.62. The first-order valence-corrected chi connectivity index (χ1v) is 4.85. The van der Waals surface area contributed by atoms with Crippen molar-refractivity contribution in [1.82, 2.24) is 31.3 Å². The average Bonchev–Trinajstić information content (AvgIpc) is 2.19. The molecule has 0 bridgehead atoms. The van der Waals surface area contributed by atoms with Gasteiger partial charge in [-0.25, -0.2) is 0 Å². The van der Waals surface area contributed by atoms with Gasteiger partial charge in [0.1, 0.15) is 0 Å². The molecule has 0 aromatic rings. The van der Waals surface area contributed by atoms with Gasteiger partial charge in [0.25, 0.3) is 0 Å². The Bertz CT molecular complexity index is 81.0. The van der Waals surface area contributed by atoms with Crippen LogP contribution in [0.2, 0.25) is 0 Å². The summed E-state index contributed by atoms with van der Waals surface area (Å²) >= 11 is 0. The molecule has 6 nitrogen and oxygen atoms in total. The monoisotopic (exact) mass is 324 g/mol. The van der Waals surface area contributed by atoms with Crippen LogP contribution in [-0.4, -0.2) is 78.5 Å². The van der Waals surface area contributed by atoms with Gasteiger partial charge in [-0.15, -0.1) is 0 Å². The molecular weight excluding hydrogens is 293 g/mol. The molecule has 0 saturated carbocycles. The molecule has 3 N–H and O–H groups in total. The van der Waals surface area contributed by atoms with Gasteiger partial charge in [-0.05, 0) is 21.1 Å². The van der Waals surface area contributed by atoms with Crippen LogP contribution in [0.4, 0.5) is 0 Å². The van der Waals surface area contributed by atoms with E-state index in [4.69, 9.17) is 0 Å². The van der Waals surface area contributed by atoms with Gasteiger partial charge < -0.3 is 0 Å². The van der Waals surface area contributed by atoms with Crippen LogP contribution in [-0.2, 0) is 19.5 Å². The number of rotatable bonds is 3. The minimum atomic E-state index is 0. The molecule has 0 radical (unpaired) electrons. The molecule has 0 amide bonds. The Balaban J connectivity index is -0.0000000655. The second kappa shape index (κ2) is 20.8. The van der Waals surface area contributed by atoms with Crippen LogP contribution in [0, 0.1) is 0 Å². The molecule has 0 saturated heterocycles. The van der Waals surface area contributed by atoms with Crippen LogP contribution >= 0.6 is 0 Å². The minimum Gasteiger partial charge on any atom is -0.259 e. The van der Waals surface area contributed by atoms with Gasteiger partial charge in [0, 0.05) is 61.8 Å². The van der Waals surface area contributed by atoms with E-state index < -0.39 is 0 Å². The van der Waals surface area contributed by atoms with Crippen LogP contribution in [0.3, 0.4) is 0 Å². The Labute approximate surface area is 114 Å². The van der Waals surface area contributed by atoms with Crippen molar-refractivity contribution in [3.63, 3.8) is 0 Å². The van der Waals surface area contributed by atoms with E-state index >= 15 is 0 Å². The average molecular weight is 323 g/mol. The Kier molecular flexibility index (Phi) is 32.8. The van der Waals surface area contributed by atoms with Crippen molar-refractivity contribution in [3.8, 4) is 0 Å². The molecule has 7 heteroatoms. The Morgan fingerprint density at radius 3 is 0.562 bits per heavy atom. The van der Waals surface area contributed by atoms with Crippen molar-refractivity contribution in [2.75, 3.05) is 63.4 Å². The van der Waals surface area contributed by atoms with E-state index in [2.05, 4.69) is 16.3 Å². The molecule has 0 aromatic carbocycles. The van der Waals surface area contributed by atoms with Crippen molar-refractivity contribution in [1.29, 1.82) is 0 Å². The molecule has 0 aliphatic carbocycles. The standard InChI is InChI=1S/3C3H10N2.Ru/c3*1-4-5(2)3;/h3*4H,1-3H3;. The predicted octanol–water partition coefficient (Wildman–Crippen LogP) is -0.955. The molecule has 104 valence electrons. The van der Waals surface area contributed by atoms with Crippen molar-refractivity contribution >= 4 is 0 Å². The van der Waals surface area contributed by atoms with E-state index in [0.717, 1.165) is 0 Å². The van der Waals surface area contributed by atoms with Gasteiger partial charge in [0.15, 0.2) is 0 Å². The van der Waals surface area contributed by atoms with Crippen LogP contribution < -0.4 is 16.3 Å². The van der Waals surface area contributed by atoms with Gasteiger partial charge in [0.2, 0.25) is 0 Å². The maximum absolute atomic E-state index is 2.86. The van der Waals surface area contributed by atoms with Gasteiger partial charge in [-0.3, -0.25) is 31.3 Å². The summed E-state index contributed by atoms with van der Waals surface area (Å²) in [5.41, 5.74) is 8.58. The van der Waals surface area contributed by atoms with Gasteiger partial charge in [0.05, 0.1) is 0 Å². The Morgan fingerprint density at radius 1 is 0.500 bits per heavy atom. The van der Waals surface area contributed by atoms with Crippen LogP contribution in [0.5, 0.6) is 0 Å². The van der Waals surface area contributed by atoms with Crippen LogP contribution in [0.15, 0.2) is 0 Å². The number of hydrogen-bond acceptors (Lipinski definition) is 6. The number of hydrogen-bond donors (Lipinski definition) is 3. The second-order valence-corrected chi connectivity index (χ2v) is 3.35. The number of hydrazine groups is 3. The third-order valence-electron chi connectivity index (χ3n) is 1.34. The fraction of sp³-hybridized carbons (Fsp3) is 1.00. The van der Waals surface area contributed by atoms with Crippen molar-refractivity contribution in [2.24, 2.45) is 0 Å². The molecule has 0 atom stereocenters. The summed E-state index contributed by atoms with van der Waals surface area (Å²) in [5.74, 6) is 0. The SMILES string of the molecule is CNN(C)C.CNN(C)C.CNN(C)C.[Ru]. The molecule has 0 fully saturated rings. The molecule has 0 rings (SSSR count). The summed E-state index contributed by atoms with van der Waals surface area (Å²) in [6.45, 7) is 0. The third kappa shape index (κ3) is 63.2. The number of nitrogens with one attached hydrogen (secondary N) is 3. The van der Waals surface area contributed by atoms with E-state index in [0.29, 0.717) is 0 Å². The van der Waals surface area contributed by atoms with E-state index in [1.54, 1.807) is 0 Å². The zero-order valence-corrected chi connectivity index (χ0v) is 13.9. The first-order valence-electron chi connectivity index (χ1n) is 4.85. The Morgan fingerprint density at radius 2 is 0.562 bits per heavy atom. The molecule has 0 heterocycles. The van der Waals surface area contributed by atoms with Crippen LogP contribution in [0.25, 0.3) is 0 Å². The molecule has 16 heavy (non-hydrogen) atoms. The fourth-order valence-electron chi connectivity index (χ4n) is 0. The van der Waals surface area contributed by atoms with Crippen LogP contribution in [0.1, 0.15) is 0 Å². The van der Waals surface area contributed by atoms with E-state index in [9.17, 15) is 0 Å². The van der Waals surface area contributed by atoms with E-state index in [1.807, 2.05) is 78.5 Å². The smallest absolute Gasteiger partial charge is 0.00128 e. The van der Waals surface area contributed by atoms with Crippen molar-refractivity contribution in [3.05, 3.63) is 0 Å². The quantitative estimate of drug-likeness (QED) is 0.460. The Hall–Kier alpha value is 0.383. The number of nitrogens with zero attached hydrogens (tertiary/aromatic N) is 3. The van der Waals surface area contributed by atoms with Gasteiger partial charge in [-0.2, -0.15) is 0 Å². The first kappa shape index (κ1) is 25.3. The summed E-state index contributed by atoms with van der Waals surface area (Å²) in [6, 6.07) is 0. The molecule has 0 aliphatic rings. The zero-order valence-electron chi connectivity index (χ0n) is 12.2. The maximum atomic E-state index is 2.86. The summed E-state index contributed by atoms with van der Waals surface area (Å²) in [6.07, 6.45) is 0. The molecular formula is C9H30N6Ru. The summed E-state index contributed by atoms with van der Waals surface area (Å²) in [4.78, 5) is 0. The molecule has 0 aliphatic heterocycles. The molecule has 0 aromatic heterocycles. The first-order chi connectivity index (χ1) is 6.81.